The van der Waals surface area contributed by atoms with Gasteiger partial charge in [-0.2, -0.15) is 4.39 Å². The van der Waals surface area contributed by atoms with E-state index >= 15 is 0 Å². The highest BCUT2D eigenvalue weighted by atomic mass is 19.1. The van der Waals surface area contributed by atoms with E-state index in [0.717, 1.165) is 6.07 Å². The summed E-state index contributed by atoms with van der Waals surface area (Å²) in [6.45, 7) is 1.77. The fourth-order valence-electron chi connectivity index (χ4n) is 1.01. The summed E-state index contributed by atoms with van der Waals surface area (Å²) in [5, 5.41) is 0. The third-order valence-electron chi connectivity index (χ3n) is 1.69. The third-order valence-corrected chi connectivity index (χ3v) is 1.69. The Hall–Kier alpha value is -2.02. The van der Waals surface area contributed by atoms with Gasteiger partial charge in [-0.15, -0.1) is 0 Å². The fraction of sp³-hybridized carbons (Fsp3) is 0.300. The molecule has 0 aliphatic heterocycles. The lowest BCUT2D eigenvalue weighted by atomic mass is 10.3. The molecule has 1 amide bonds. The summed E-state index contributed by atoms with van der Waals surface area (Å²) < 4.78 is 17.3. The molecule has 0 spiro atoms. The van der Waals surface area contributed by atoms with Crippen molar-refractivity contribution in [1.29, 1.82) is 0 Å². The van der Waals surface area contributed by atoms with Crippen molar-refractivity contribution in [3.8, 4) is 0 Å². The molecule has 0 aliphatic carbocycles. The number of hydrogen-bond donors (Lipinski definition) is 2. The van der Waals surface area contributed by atoms with Crippen molar-refractivity contribution in [3.63, 3.8) is 0 Å². The monoisotopic (exact) mass is 241 g/mol. The number of rotatable bonds is 5. The molecule has 17 heavy (non-hydrogen) atoms. The van der Waals surface area contributed by atoms with E-state index in [1.807, 2.05) is 0 Å². The lowest BCUT2D eigenvalue weighted by molar-refractivity contribution is -0.142. The Bertz CT molecular complexity index is 412. The molecule has 1 heterocycles. The smallest absolute Gasteiger partial charge is 0.321 e. The molecule has 2 N–H and O–H groups in total. The van der Waals surface area contributed by atoms with Gasteiger partial charge in [0.05, 0.1) is 6.61 Å². The molecule has 0 atom stereocenters. The topological polar surface area (TPSA) is 80.3 Å². The first-order chi connectivity index (χ1) is 8.13. The molecule has 1 rings (SSSR count). The molecule has 7 heteroatoms. The maximum atomic E-state index is 12.7. The van der Waals surface area contributed by atoms with Gasteiger partial charge in [0.2, 0.25) is 5.95 Å². The number of carbonyl (C=O) groups excluding carboxylic acids is 2. The summed E-state index contributed by atoms with van der Waals surface area (Å²) in [5.74, 6) is -1.88. The Balaban J connectivity index is 2.38. The van der Waals surface area contributed by atoms with Gasteiger partial charge in [-0.05, 0) is 19.1 Å². The second-order valence-electron chi connectivity index (χ2n) is 2.96. The number of hydrazine groups is 1. The molecule has 0 aliphatic rings. The van der Waals surface area contributed by atoms with Crippen molar-refractivity contribution in [1.82, 2.24) is 15.8 Å². The molecule has 0 radical (unpaired) electrons. The van der Waals surface area contributed by atoms with Crippen LogP contribution in [0, 0.1) is 5.95 Å². The van der Waals surface area contributed by atoms with Crippen molar-refractivity contribution in [3.05, 3.63) is 29.8 Å². The van der Waals surface area contributed by atoms with Crippen LogP contribution in [0.25, 0.3) is 0 Å². The van der Waals surface area contributed by atoms with Crippen molar-refractivity contribution in [2.24, 2.45) is 0 Å². The molecule has 6 nitrogen and oxygen atoms in total. The van der Waals surface area contributed by atoms with E-state index in [4.69, 9.17) is 0 Å². The van der Waals surface area contributed by atoms with Crippen LogP contribution in [0.2, 0.25) is 0 Å². The molecule has 0 saturated carbocycles. The predicted molar refractivity (Wildman–Crippen MR) is 56.3 cm³/mol. The Kier molecular flexibility index (Phi) is 5.02. The van der Waals surface area contributed by atoms with Crippen molar-refractivity contribution in [2.45, 2.75) is 6.92 Å². The van der Waals surface area contributed by atoms with Crippen LogP contribution in [0.15, 0.2) is 18.2 Å². The number of aromatic nitrogens is 1. The molecular formula is C10H12FN3O3. The van der Waals surface area contributed by atoms with Gasteiger partial charge < -0.3 is 4.74 Å². The van der Waals surface area contributed by atoms with E-state index < -0.39 is 17.8 Å². The second-order valence-corrected chi connectivity index (χ2v) is 2.96. The fourth-order valence-corrected chi connectivity index (χ4v) is 1.01. The van der Waals surface area contributed by atoms with Gasteiger partial charge >= 0.3 is 5.97 Å². The zero-order valence-corrected chi connectivity index (χ0v) is 9.20. The van der Waals surface area contributed by atoms with Crippen LogP contribution in [-0.2, 0) is 9.53 Å². The van der Waals surface area contributed by atoms with Gasteiger partial charge in [-0.1, -0.05) is 6.07 Å². The standard InChI is InChI=1S/C10H12FN3O3/c1-2-17-9(15)6-12-14-10(16)7-4-3-5-8(11)13-7/h3-5,12H,2,6H2,1H3,(H,14,16). The molecule has 1 aromatic rings. The van der Waals surface area contributed by atoms with Crippen molar-refractivity contribution in [2.75, 3.05) is 13.2 Å². The Morgan fingerprint density at radius 3 is 2.88 bits per heavy atom. The molecule has 0 unspecified atom stereocenters. The van der Waals surface area contributed by atoms with Crippen LogP contribution in [0.3, 0.4) is 0 Å². The number of pyridine rings is 1. The lowest BCUT2D eigenvalue weighted by Crippen LogP contribution is -2.41. The number of nitrogens with one attached hydrogen (secondary N) is 2. The minimum atomic E-state index is -0.747. The van der Waals surface area contributed by atoms with Gasteiger partial charge in [-0.3, -0.25) is 15.0 Å². The highest BCUT2D eigenvalue weighted by molar-refractivity contribution is 5.91. The number of esters is 1. The number of amides is 1. The third kappa shape index (κ3) is 4.56. The molecule has 0 saturated heterocycles. The minimum Gasteiger partial charge on any atom is -0.465 e. The summed E-state index contributed by atoms with van der Waals surface area (Å²) in [7, 11) is 0. The Morgan fingerprint density at radius 2 is 2.24 bits per heavy atom. The average molecular weight is 241 g/mol. The normalized spacial score (nSPS) is 9.76. The molecular weight excluding hydrogens is 229 g/mol. The zero-order valence-electron chi connectivity index (χ0n) is 9.20. The van der Waals surface area contributed by atoms with E-state index in [0.29, 0.717) is 0 Å². The highest BCUT2D eigenvalue weighted by Crippen LogP contribution is 1.96. The number of halogens is 1. The lowest BCUT2D eigenvalue weighted by Gasteiger charge is -2.06. The quantitative estimate of drug-likeness (QED) is 0.431. The number of hydrogen-bond acceptors (Lipinski definition) is 5. The van der Waals surface area contributed by atoms with E-state index in [9.17, 15) is 14.0 Å². The van der Waals surface area contributed by atoms with E-state index in [1.165, 1.54) is 12.1 Å². The van der Waals surface area contributed by atoms with E-state index in [2.05, 4.69) is 20.6 Å². The van der Waals surface area contributed by atoms with Gasteiger partial charge in [0, 0.05) is 0 Å². The maximum Gasteiger partial charge on any atom is 0.321 e. The van der Waals surface area contributed by atoms with Crippen molar-refractivity contribution >= 4 is 11.9 Å². The summed E-state index contributed by atoms with van der Waals surface area (Å²) in [6.07, 6.45) is 0. The number of carbonyl (C=O) groups is 2. The molecule has 0 bridgehead atoms. The van der Waals surface area contributed by atoms with Crippen LogP contribution in [0.4, 0.5) is 4.39 Å². The molecule has 92 valence electrons. The average Bonchev–Trinajstić information content (AvgIpc) is 2.29. The van der Waals surface area contributed by atoms with Crippen LogP contribution in [-0.4, -0.2) is 30.0 Å². The van der Waals surface area contributed by atoms with Crippen molar-refractivity contribution < 1.29 is 18.7 Å². The summed E-state index contributed by atoms with van der Waals surface area (Å²) in [6, 6.07) is 3.84. The van der Waals surface area contributed by atoms with Gasteiger partial charge in [0.15, 0.2) is 0 Å². The molecule has 0 fully saturated rings. The summed E-state index contributed by atoms with van der Waals surface area (Å²) in [4.78, 5) is 25.7. The number of nitrogens with zero attached hydrogens (tertiary/aromatic N) is 1. The first-order valence-electron chi connectivity index (χ1n) is 4.95. The first kappa shape index (κ1) is 13.0. The second kappa shape index (κ2) is 6.54. The van der Waals surface area contributed by atoms with E-state index in [-0.39, 0.29) is 18.8 Å². The minimum absolute atomic E-state index is 0.0821. The number of ether oxygens (including phenoxy) is 1. The Morgan fingerprint density at radius 1 is 1.47 bits per heavy atom. The predicted octanol–water partition coefficient (Wildman–Crippen LogP) is 0.0182. The largest absolute Gasteiger partial charge is 0.465 e. The van der Waals surface area contributed by atoms with Crippen LogP contribution < -0.4 is 10.9 Å². The molecule has 0 aromatic carbocycles. The maximum absolute atomic E-state index is 12.7. The molecule has 1 aromatic heterocycles. The SMILES string of the molecule is CCOC(=O)CNNC(=O)c1cccc(F)n1. The van der Waals surface area contributed by atoms with Crippen LogP contribution >= 0.6 is 0 Å². The van der Waals surface area contributed by atoms with Gasteiger partial charge in [-0.25, -0.2) is 10.4 Å². The van der Waals surface area contributed by atoms with Crippen LogP contribution in [0.5, 0.6) is 0 Å². The zero-order chi connectivity index (χ0) is 12.7. The van der Waals surface area contributed by atoms with Crippen LogP contribution in [0.1, 0.15) is 17.4 Å². The van der Waals surface area contributed by atoms with Gasteiger partial charge in [0.1, 0.15) is 12.2 Å². The summed E-state index contributed by atoms with van der Waals surface area (Å²) in [5.41, 5.74) is 4.47. The van der Waals surface area contributed by atoms with E-state index in [1.54, 1.807) is 6.92 Å². The Labute approximate surface area is 97.1 Å². The first-order valence-corrected chi connectivity index (χ1v) is 4.95. The summed E-state index contributed by atoms with van der Waals surface area (Å²) >= 11 is 0. The highest BCUT2D eigenvalue weighted by Gasteiger charge is 2.08. The van der Waals surface area contributed by atoms with Gasteiger partial charge in [0.25, 0.3) is 5.91 Å².